The third-order valence-electron chi connectivity index (χ3n) is 2.93. The van der Waals surface area contributed by atoms with Crippen molar-refractivity contribution in [2.24, 2.45) is 13.5 Å². The molecule has 7 nitrogen and oxygen atoms in total. The Morgan fingerprint density at radius 3 is 1.83 bits per heavy atom. The molecule has 3 aliphatic heterocycles. The van der Waals surface area contributed by atoms with Crippen molar-refractivity contribution in [3.05, 3.63) is 0 Å². The Kier molecular flexibility index (Phi) is 3.56. The number of likely N-dealkylation sites (N-methyl/N-ethyl adjacent to an activating group) is 2. The SMILES string of the molecule is CN1CCOP12=NP(Cl)(Cl)=NP1(=N2)OCCN1C. The summed E-state index contributed by atoms with van der Waals surface area (Å²) in [5.41, 5.74) is 0. The van der Waals surface area contributed by atoms with E-state index >= 15 is 0 Å². The predicted octanol–water partition coefficient (Wildman–Crippen LogP) is 4.24. The van der Waals surface area contributed by atoms with Crippen molar-refractivity contribution in [3.63, 3.8) is 0 Å². The van der Waals surface area contributed by atoms with E-state index in [2.05, 4.69) is 9.03 Å². The van der Waals surface area contributed by atoms with Gasteiger partial charge in [0.15, 0.2) is 0 Å². The first-order valence-electron chi connectivity index (χ1n) is 5.41. The second-order valence-corrected chi connectivity index (χ2v) is 14.5. The molecular formula is C6H14Cl2N5O2P3. The highest BCUT2D eigenvalue weighted by atomic mass is 35.9. The van der Waals surface area contributed by atoms with Crippen LogP contribution in [0.4, 0.5) is 0 Å². The van der Waals surface area contributed by atoms with Crippen LogP contribution in [0.1, 0.15) is 0 Å². The molecule has 2 unspecified atom stereocenters. The maximum atomic E-state index is 6.27. The van der Waals surface area contributed by atoms with Gasteiger partial charge in [-0.3, -0.25) is 0 Å². The Bertz CT molecular complexity index is 526. The number of hydrogen-bond acceptors (Lipinski definition) is 7. The summed E-state index contributed by atoms with van der Waals surface area (Å²) in [6, 6.07) is 0. The fraction of sp³-hybridized carbons (Fsp3) is 1.00. The van der Waals surface area contributed by atoms with Crippen molar-refractivity contribution >= 4 is 43.6 Å². The van der Waals surface area contributed by atoms with Crippen molar-refractivity contribution in [2.45, 2.75) is 0 Å². The van der Waals surface area contributed by atoms with E-state index < -0.39 is 21.1 Å². The van der Waals surface area contributed by atoms with E-state index in [1.807, 2.05) is 23.4 Å². The minimum absolute atomic E-state index is 0.592. The summed E-state index contributed by atoms with van der Waals surface area (Å²) >= 11 is 12.5. The van der Waals surface area contributed by atoms with Crippen molar-refractivity contribution < 1.29 is 9.05 Å². The Balaban J connectivity index is 2.24. The van der Waals surface area contributed by atoms with Crippen LogP contribution in [0.2, 0.25) is 0 Å². The molecule has 0 bridgehead atoms. The van der Waals surface area contributed by atoms with Crippen LogP contribution in [-0.4, -0.2) is 49.7 Å². The number of halogens is 2. The largest absolute Gasteiger partial charge is 0.314 e. The summed E-state index contributed by atoms with van der Waals surface area (Å²) in [5, 5.41) is 0. The molecule has 0 N–H and O–H groups in total. The van der Waals surface area contributed by atoms with Crippen LogP contribution in [0.3, 0.4) is 0 Å². The van der Waals surface area contributed by atoms with Gasteiger partial charge in [0.2, 0.25) is 0 Å². The van der Waals surface area contributed by atoms with Crippen molar-refractivity contribution in [2.75, 3.05) is 40.4 Å². The summed E-state index contributed by atoms with van der Waals surface area (Å²) in [5.74, 6) is -2.77. The second-order valence-electron chi connectivity index (χ2n) is 4.18. The van der Waals surface area contributed by atoms with Crippen molar-refractivity contribution in [1.29, 1.82) is 0 Å². The predicted molar refractivity (Wildman–Crippen MR) is 76.9 cm³/mol. The Labute approximate surface area is 116 Å². The van der Waals surface area contributed by atoms with E-state index in [0.717, 1.165) is 13.1 Å². The van der Waals surface area contributed by atoms with Gasteiger partial charge < -0.3 is 9.05 Å². The number of nitrogens with zero attached hydrogens (tertiary/aromatic N) is 5. The second kappa shape index (κ2) is 4.56. The lowest BCUT2D eigenvalue weighted by molar-refractivity contribution is 0.385. The van der Waals surface area contributed by atoms with Crippen molar-refractivity contribution in [1.82, 2.24) is 9.34 Å². The lowest BCUT2D eigenvalue weighted by Crippen LogP contribution is -2.11. The highest BCUT2D eigenvalue weighted by Crippen LogP contribution is 2.84. The molecule has 3 rings (SSSR count). The molecule has 3 aliphatic rings. The Hall–Kier alpha value is 1.11. The third-order valence-corrected chi connectivity index (χ3v) is 14.1. The molecule has 12 heteroatoms. The molecule has 0 amide bonds. The van der Waals surface area contributed by atoms with Crippen LogP contribution in [0.5, 0.6) is 0 Å². The molecule has 0 aromatic heterocycles. The van der Waals surface area contributed by atoms with Gasteiger partial charge in [-0.15, -0.1) is 0 Å². The minimum Gasteiger partial charge on any atom is -0.314 e. The molecule has 104 valence electrons. The van der Waals surface area contributed by atoms with Gasteiger partial charge in [0.25, 0.3) is 21.1 Å². The van der Waals surface area contributed by atoms with E-state index in [1.165, 1.54) is 0 Å². The molecule has 18 heavy (non-hydrogen) atoms. The van der Waals surface area contributed by atoms with E-state index in [-0.39, 0.29) is 0 Å². The maximum Gasteiger partial charge on any atom is 0.282 e. The van der Waals surface area contributed by atoms with Crippen LogP contribution in [-0.2, 0) is 9.05 Å². The van der Waals surface area contributed by atoms with Gasteiger partial charge in [-0.25, -0.2) is 9.34 Å². The van der Waals surface area contributed by atoms with Gasteiger partial charge in [-0.05, 0) is 36.6 Å². The maximum absolute atomic E-state index is 6.27. The molecule has 0 saturated carbocycles. The van der Waals surface area contributed by atoms with Gasteiger partial charge >= 0.3 is 0 Å². The molecule has 3 heterocycles. The van der Waals surface area contributed by atoms with Crippen LogP contribution in [0.25, 0.3) is 0 Å². The standard InChI is InChI=1S/C6H14Cl2N5O2P3/c1-12-3-5-14-17(12)9-16(7,8)10-18(11-17)13(2)4-6-15-18/h3-6H2,1-2H3. The summed E-state index contributed by atoms with van der Waals surface area (Å²) in [6.07, 6.45) is 0. The zero-order valence-electron chi connectivity index (χ0n) is 9.98. The van der Waals surface area contributed by atoms with Gasteiger partial charge in [-0.1, -0.05) is 0 Å². The first-order valence-corrected chi connectivity index (χ1v) is 12.0. The molecule has 2 fully saturated rings. The topological polar surface area (TPSA) is 62.0 Å². The minimum atomic E-state index is -2.77. The zero-order chi connectivity index (χ0) is 13.0. The fourth-order valence-corrected chi connectivity index (χ4v) is 14.7. The number of rotatable bonds is 0. The molecule has 0 radical (unpaired) electrons. The lowest BCUT2D eigenvalue weighted by Gasteiger charge is -2.31. The summed E-state index contributed by atoms with van der Waals surface area (Å²) in [6.45, 7) is 2.74. The van der Waals surface area contributed by atoms with Crippen LogP contribution < -0.4 is 0 Å². The van der Waals surface area contributed by atoms with E-state index in [9.17, 15) is 0 Å². The summed E-state index contributed by atoms with van der Waals surface area (Å²) < 4.78 is 29.2. The fourth-order valence-electron chi connectivity index (χ4n) is 1.91. The third kappa shape index (κ3) is 2.18. The molecular weight excluding hydrogens is 338 g/mol. The quantitative estimate of drug-likeness (QED) is 0.612. The average Bonchev–Trinajstić information content (AvgIpc) is 2.72. The number of hydrogen-bond donors (Lipinski definition) is 0. The van der Waals surface area contributed by atoms with E-state index in [0.29, 0.717) is 13.2 Å². The molecule has 2 atom stereocenters. The average molecular weight is 352 g/mol. The van der Waals surface area contributed by atoms with E-state index in [4.69, 9.17) is 36.0 Å². The normalized spacial score (nSPS) is 44.0. The summed E-state index contributed by atoms with van der Waals surface area (Å²) in [7, 11) is -1.04. The smallest absolute Gasteiger partial charge is 0.282 e. The van der Waals surface area contributed by atoms with Crippen LogP contribution in [0.15, 0.2) is 13.5 Å². The molecule has 2 saturated heterocycles. The summed E-state index contributed by atoms with van der Waals surface area (Å²) in [4.78, 5) is 0. The van der Waals surface area contributed by atoms with Crippen LogP contribution >= 0.6 is 43.6 Å². The van der Waals surface area contributed by atoms with Gasteiger partial charge in [0, 0.05) is 13.1 Å². The van der Waals surface area contributed by atoms with Crippen molar-refractivity contribution in [3.8, 4) is 0 Å². The van der Waals surface area contributed by atoms with Gasteiger partial charge in [-0.2, -0.15) is 13.5 Å². The zero-order valence-corrected chi connectivity index (χ0v) is 14.2. The molecule has 2 spiro atoms. The first-order chi connectivity index (χ1) is 8.38. The highest BCUT2D eigenvalue weighted by Gasteiger charge is 2.45. The molecule has 0 aromatic rings. The van der Waals surface area contributed by atoms with Gasteiger partial charge in [0.1, 0.15) is 0 Å². The first kappa shape index (κ1) is 14.1. The highest BCUT2D eigenvalue weighted by molar-refractivity contribution is 8.13. The van der Waals surface area contributed by atoms with Gasteiger partial charge in [0.05, 0.1) is 13.2 Å². The Morgan fingerprint density at radius 2 is 1.39 bits per heavy atom. The Morgan fingerprint density at radius 1 is 0.889 bits per heavy atom. The van der Waals surface area contributed by atoms with E-state index in [1.54, 1.807) is 0 Å². The lowest BCUT2D eigenvalue weighted by atomic mass is 10.7. The van der Waals surface area contributed by atoms with Crippen LogP contribution in [0, 0.1) is 0 Å². The molecule has 0 aromatic carbocycles. The molecule has 0 aliphatic carbocycles. The monoisotopic (exact) mass is 351 g/mol.